The van der Waals surface area contributed by atoms with Gasteiger partial charge in [0, 0.05) is 26.2 Å². The number of ether oxygens (including phenoxy) is 2. The van der Waals surface area contributed by atoms with Crippen molar-refractivity contribution >= 4 is 0 Å². The van der Waals surface area contributed by atoms with Crippen molar-refractivity contribution in [2.75, 3.05) is 14.2 Å². The van der Waals surface area contributed by atoms with Crippen molar-refractivity contribution in [3.8, 4) is 0 Å². The summed E-state index contributed by atoms with van der Waals surface area (Å²) in [5.41, 5.74) is 2.17. The molecule has 0 N–H and O–H groups in total. The fourth-order valence-electron chi connectivity index (χ4n) is 2.07. The Labute approximate surface area is 108 Å². The first-order valence-corrected chi connectivity index (χ1v) is 5.91. The molecule has 0 aliphatic heterocycles. The average molecular weight is 241 g/mol. The van der Waals surface area contributed by atoms with Crippen molar-refractivity contribution in [2.45, 2.75) is 12.2 Å². The van der Waals surface area contributed by atoms with Crippen LogP contribution in [0.2, 0.25) is 0 Å². The Bertz CT molecular complexity index is 461. The topological polar surface area (TPSA) is 18.5 Å². The van der Waals surface area contributed by atoms with Crippen LogP contribution >= 0.6 is 0 Å². The Morgan fingerprint density at radius 2 is 1.56 bits per heavy atom. The van der Waals surface area contributed by atoms with Crippen LogP contribution in [0.3, 0.4) is 0 Å². The molecule has 18 heavy (non-hydrogen) atoms. The molecule has 2 aromatic rings. The van der Waals surface area contributed by atoms with E-state index in [2.05, 4.69) is 6.07 Å². The summed E-state index contributed by atoms with van der Waals surface area (Å²) in [6, 6.07) is 20.8. The van der Waals surface area contributed by atoms with Crippen LogP contribution in [0.4, 0.5) is 0 Å². The lowest BCUT2D eigenvalue weighted by Crippen LogP contribution is -2.33. The van der Waals surface area contributed by atoms with Gasteiger partial charge in [-0.2, -0.15) is 0 Å². The number of rotatable bonds is 5. The fourth-order valence-corrected chi connectivity index (χ4v) is 2.07. The first-order chi connectivity index (χ1) is 8.80. The van der Waals surface area contributed by atoms with Crippen LogP contribution in [-0.4, -0.2) is 14.2 Å². The zero-order chi connectivity index (χ0) is 12.8. The molecule has 2 nitrogen and oxygen atoms in total. The average Bonchev–Trinajstić information content (AvgIpc) is 2.47. The Morgan fingerprint density at radius 3 is 2.11 bits per heavy atom. The summed E-state index contributed by atoms with van der Waals surface area (Å²) in [6.07, 6.45) is 0.665. The smallest absolute Gasteiger partial charge is 0.198 e. The molecule has 2 heteroatoms. The molecule has 0 unspecified atom stereocenters. The van der Waals surface area contributed by atoms with Crippen LogP contribution < -0.4 is 0 Å². The minimum absolute atomic E-state index is 0.665. The summed E-state index contributed by atoms with van der Waals surface area (Å²) in [6.45, 7) is 0. The second-order valence-corrected chi connectivity index (χ2v) is 4.11. The SMILES string of the molecule is COC(Cc1cc[c]cc1)(OC)c1ccccc1. The number of hydrogen-bond acceptors (Lipinski definition) is 2. The molecule has 0 saturated heterocycles. The van der Waals surface area contributed by atoms with Crippen LogP contribution in [0.5, 0.6) is 0 Å². The summed E-state index contributed by atoms with van der Waals surface area (Å²) in [7, 11) is 3.34. The van der Waals surface area contributed by atoms with E-state index in [1.165, 1.54) is 0 Å². The molecule has 2 rings (SSSR count). The van der Waals surface area contributed by atoms with Crippen molar-refractivity contribution in [3.63, 3.8) is 0 Å². The summed E-state index contributed by atoms with van der Waals surface area (Å²) in [4.78, 5) is 0. The molecule has 0 aromatic heterocycles. The second kappa shape index (κ2) is 5.80. The summed E-state index contributed by atoms with van der Waals surface area (Å²) in [5.74, 6) is -0.734. The third kappa shape index (κ3) is 2.61. The quantitative estimate of drug-likeness (QED) is 0.748. The van der Waals surface area contributed by atoms with Crippen molar-refractivity contribution in [1.29, 1.82) is 0 Å². The van der Waals surface area contributed by atoms with Gasteiger partial charge in [0.05, 0.1) is 0 Å². The van der Waals surface area contributed by atoms with Crippen molar-refractivity contribution < 1.29 is 9.47 Å². The third-order valence-electron chi connectivity index (χ3n) is 3.10. The predicted molar refractivity (Wildman–Crippen MR) is 71.1 cm³/mol. The Balaban J connectivity index is 2.33. The molecule has 2 aromatic carbocycles. The van der Waals surface area contributed by atoms with E-state index in [9.17, 15) is 0 Å². The number of methoxy groups -OCH3 is 2. The molecule has 0 amide bonds. The zero-order valence-corrected chi connectivity index (χ0v) is 10.7. The molecule has 0 atom stereocenters. The molecule has 0 saturated carbocycles. The molecule has 0 aliphatic carbocycles. The molecule has 93 valence electrons. The van der Waals surface area contributed by atoms with E-state index in [-0.39, 0.29) is 0 Å². The Kier molecular flexibility index (Phi) is 4.13. The fraction of sp³-hybridized carbons (Fsp3) is 0.250. The van der Waals surface area contributed by atoms with Gasteiger partial charge in [-0.1, -0.05) is 54.6 Å². The second-order valence-electron chi connectivity index (χ2n) is 4.11. The monoisotopic (exact) mass is 241 g/mol. The van der Waals surface area contributed by atoms with Crippen molar-refractivity contribution in [2.24, 2.45) is 0 Å². The van der Waals surface area contributed by atoms with Gasteiger partial charge in [0.25, 0.3) is 0 Å². The first kappa shape index (κ1) is 12.8. The van der Waals surface area contributed by atoms with E-state index in [1.54, 1.807) is 14.2 Å². The van der Waals surface area contributed by atoms with Crippen LogP contribution in [0.25, 0.3) is 0 Å². The maximum absolute atomic E-state index is 5.64. The van der Waals surface area contributed by atoms with Crippen molar-refractivity contribution in [1.82, 2.24) is 0 Å². The van der Waals surface area contributed by atoms with E-state index in [0.29, 0.717) is 6.42 Å². The highest BCUT2D eigenvalue weighted by molar-refractivity contribution is 5.25. The highest BCUT2D eigenvalue weighted by atomic mass is 16.7. The molecule has 0 bridgehead atoms. The summed E-state index contributed by atoms with van der Waals surface area (Å²) < 4.78 is 11.3. The largest absolute Gasteiger partial charge is 0.349 e. The third-order valence-corrected chi connectivity index (χ3v) is 3.10. The van der Waals surface area contributed by atoms with E-state index in [1.807, 2.05) is 54.6 Å². The van der Waals surface area contributed by atoms with Gasteiger partial charge in [0.2, 0.25) is 0 Å². The lowest BCUT2D eigenvalue weighted by Gasteiger charge is -2.31. The lowest BCUT2D eigenvalue weighted by atomic mass is 9.97. The molecular weight excluding hydrogens is 224 g/mol. The minimum Gasteiger partial charge on any atom is -0.349 e. The highest BCUT2D eigenvalue weighted by Gasteiger charge is 2.32. The first-order valence-electron chi connectivity index (χ1n) is 5.91. The molecule has 0 spiro atoms. The Hall–Kier alpha value is -1.64. The van der Waals surface area contributed by atoms with Gasteiger partial charge in [0.1, 0.15) is 0 Å². The van der Waals surface area contributed by atoms with Crippen LogP contribution in [0.15, 0.2) is 54.6 Å². The highest BCUT2D eigenvalue weighted by Crippen LogP contribution is 2.30. The maximum Gasteiger partial charge on any atom is 0.198 e. The molecule has 0 aliphatic rings. The standard InChI is InChI=1S/C16H17O2/c1-17-16(18-2,15-11-7-4-8-12-15)13-14-9-5-3-6-10-14/h4-12H,13H2,1-2H3. The number of hydrogen-bond donors (Lipinski definition) is 0. The van der Waals surface area contributed by atoms with Gasteiger partial charge in [-0.3, -0.25) is 0 Å². The normalized spacial score (nSPS) is 11.4. The van der Waals surface area contributed by atoms with Crippen molar-refractivity contribution in [3.05, 3.63) is 71.8 Å². The van der Waals surface area contributed by atoms with E-state index < -0.39 is 5.79 Å². The molecule has 1 radical (unpaired) electrons. The van der Waals surface area contributed by atoms with Gasteiger partial charge in [-0.15, -0.1) is 0 Å². The van der Waals surface area contributed by atoms with Gasteiger partial charge in [-0.05, 0) is 11.6 Å². The number of benzene rings is 2. The van der Waals surface area contributed by atoms with Gasteiger partial charge < -0.3 is 9.47 Å². The molecule has 0 heterocycles. The van der Waals surface area contributed by atoms with Gasteiger partial charge in [-0.25, -0.2) is 0 Å². The lowest BCUT2D eigenvalue weighted by molar-refractivity contribution is -0.215. The predicted octanol–water partition coefficient (Wildman–Crippen LogP) is 3.18. The maximum atomic E-state index is 5.64. The Morgan fingerprint density at radius 1 is 0.944 bits per heavy atom. The summed E-state index contributed by atoms with van der Waals surface area (Å²) >= 11 is 0. The van der Waals surface area contributed by atoms with E-state index >= 15 is 0 Å². The van der Waals surface area contributed by atoms with Crippen LogP contribution in [0, 0.1) is 6.07 Å². The molecule has 0 fully saturated rings. The van der Waals surface area contributed by atoms with Gasteiger partial charge >= 0.3 is 0 Å². The van der Waals surface area contributed by atoms with Crippen LogP contribution in [-0.2, 0) is 21.7 Å². The molecular formula is C16H17O2. The van der Waals surface area contributed by atoms with E-state index in [4.69, 9.17) is 9.47 Å². The van der Waals surface area contributed by atoms with Gasteiger partial charge in [0.15, 0.2) is 5.79 Å². The van der Waals surface area contributed by atoms with Crippen LogP contribution in [0.1, 0.15) is 11.1 Å². The van der Waals surface area contributed by atoms with E-state index in [0.717, 1.165) is 11.1 Å². The summed E-state index contributed by atoms with van der Waals surface area (Å²) in [5, 5.41) is 0. The minimum atomic E-state index is -0.734. The zero-order valence-electron chi connectivity index (χ0n) is 10.7.